The van der Waals surface area contributed by atoms with Crippen LogP contribution in [-0.4, -0.2) is 14.7 Å². The summed E-state index contributed by atoms with van der Waals surface area (Å²) < 4.78 is 58.4. The summed E-state index contributed by atoms with van der Waals surface area (Å²) in [5.41, 5.74) is 5.00. The molecule has 3 N–H and O–H groups in total. The molecular formula is C7H7F3N2O2S. The Hall–Kier alpha value is -1.28. The van der Waals surface area contributed by atoms with Gasteiger partial charge in [-0.05, 0) is 12.1 Å². The molecule has 1 aromatic carbocycles. The van der Waals surface area contributed by atoms with E-state index in [0.717, 1.165) is 6.07 Å². The van der Waals surface area contributed by atoms with Crippen molar-refractivity contribution < 1.29 is 21.6 Å². The highest BCUT2D eigenvalue weighted by molar-refractivity contribution is 7.89. The predicted octanol–water partition coefficient (Wildman–Crippen LogP) is 1.07. The van der Waals surface area contributed by atoms with Gasteiger partial charge in [0.15, 0.2) is 0 Å². The van der Waals surface area contributed by atoms with Crippen LogP contribution in [0, 0.1) is 0 Å². The highest BCUT2D eigenvalue weighted by Gasteiger charge is 2.35. The third-order valence-electron chi connectivity index (χ3n) is 1.46. The molecule has 0 aliphatic heterocycles. The first-order valence-corrected chi connectivity index (χ1v) is 5.16. The molecule has 0 radical (unpaired) electrons. The number of benzene rings is 1. The van der Waals surface area contributed by atoms with Crippen molar-refractivity contribution in [3.05, 3.63) is 24.3 Å². The third kappa shape index (κ3) is 3.10. The van der Waals surface area contributed by atoms with Crippen molar-refractivity contribution in [1.82, 2.24) is 4.72 Å². The van der Waals surface area contributed by atoms with Crippen molar-refractivity contribution >= 4 is 15.7 Å². The minimum absolute atomic E-state index is 0.241. The molecule has 15 heavy (non-hydrogen) atoms. The lowest BCUT2D eigenvalue weighted by Gasteiger charge is -2.10. The molecule has 8 heteroatoms. The second kappa shape index (κ2) is 3.70. The Kier molecular flexibility index (Phi) is 2.91. The van der Waals surface area contributed by atoms with E-state index < -0.39 is 21.2 Å². The molecule has 0 fully saturated rings. The standard InChI is InChI=1S/C7H7F3N2O2S/c8-7(9,10)12-15(13,14)6-4-2-1-3-5(6)11/h1-4,12H,11H2. The zero-order valence-corrected chi connectivity index (χ0v) is 8.06. The van der Waals surface area contributed by atoms with Crippen LogP contribution in [0.4, 0.5) is 18.9 Å². The van der Waals surface area contributed by atoms with E-state index in [2.05, 4.69) is 0 Å². The van der Waals surface area contributed by atoms with E-state index in [0.29, 0.717) is 4.72 Å². The Bertz CT molecular complexity index is 456. The molecule has 0 unspecified atom stereocenters. The van der Waals surface area contributed by atoms with E-state index in [-0.39, 0.29) is 5.69 Å². The van der Waals surface area contributed by atoms with Crippen LogP contribution in [0.1, 0.15) is 0 Å². The van der Waals surface area contributed by atoms with Crippen molar-refractivity contribution in [3.63, 3.8) is 0 Å². The van der Waals surface area contributed by atoms with Crippen LogP contribution >= 0.6 is 0 Å². The number of anilines is 1. The van der Waals surface area contributed by atoms with Gasteiger partial charge in [-0.3, -0.25) is 0 Å². The van der Waals surface area contributed by atoms with Crippen LogP contribution in [0.15, 0.2) is 29.2 Å². The lowest BCUT2D eigenvalue weighted by Crippen LogP contribution is -2.37. The van der Waals surface area contributed by atoms with Gasteiger partial charge in [0, 0.05) is 0 Å². The molecule has 1 rings (SSSR count). The molecule has 0 atom stereocenters. The van der Waals surface area contributed by atoms with E-state index in [9.17, 15) is 21.6 Å². The number of nitrogen functional groups attached to an aromatic ring is 1. The molecule has 4 nitrogen and oxygen atoms in total. The number of alkyl halides is 3. The first-order valence-electron chi connectivity index (χ1n) is 3.67. The SMILES string of the molecule is Nc1ccccc1S(=O)(=O)NC(F)(F)F. The second-order valence-corrected chi connectivity index (χ2v) is 4.29. The van der Waals surface area contributed by atoms with Crippen LogP contribution in [-0.2, 0) is 10.0 Å². The molecule has 0 saturated heterocycles. The van der Waals surface area contributed by atoms with Gasteiger partial charge in [0.1, 0.15) is 4.90 Å². The fraction of sp³-hybridized carbons (Fsp3) is 0.143. The smallest absolute Gasteiger partial charge is 0.398 e. The van der Waals surface area contributed by atoms with Crippen molar-refractivity contribution in [3.8, 4) is 0 Å². The van der Waals surface area contributed by atoms with Gasteiger partial charge in [-0.2, -0.15) is 13.2 Å². The first kappa shape index (κ1) is 11.8. The van der Waals surface area contributed by atoms with Gasteiger partial charge in [-0.15, -0.1) is 4.72 Å². The third-order valence-corrected chi connectivity index (χ3v) is 2.91. The van der Waals surface area contributed by atoms with Gasteiger partial charge in [-0.1, -0.05) is 12.1 Å². The van der Waals surface area contributed by atoms with E-state index in [1.165, 1.54) is 18.2 Å². The van der Waals surface area contributed by atoms with Crippen LogP contribution in [0.5, 0.6) is 0 Å². The Morgan fingerprint density at radius 3 is 2.20 bits per heavy atom. The zero-order valence-electron chi connectivity index (χ0n) is 7.25. The number of halogens is 3. The summed E-state index contributed by atoms with van der Waals surface area (Å²) in [6, 6.07) is 4.89. The van der Waals surface area contributed by atoms with Crippen molar-refractivity contribution in [2.24, 2.45) is 0 Å². The van der Waals surface area contributed by atoms with Crippen molar-refractivity contribution in [2.75, 3.05) is 5.73 Å². The maximum absolute atomic E-state index is 11.8. The number of hydrogen-bond acceptors (Lipinski definition) is 3. The van der Waals surface area contributed by atoms with Gasteiger partial charge in [-0.25, -0.2) is 8.42 Å². The maximum Gasteiger partial charge on any atom is 0.470 e. The van der Waals surface area contributed by atoms with Crippen LogP contribution in [0.25, 0.3) is 0 Å². The summed E-state index contributed by atoms with van der Waals surface area (Å²) >= 11 is 0. The molecule has 0 bridgehead atoms. The Labute approximate surface area is 83.9 Å². The van der Waals surface area contributed by atoms with Gasteiger partial charge in [0.2, 0.25) is 10.0 Å². The summed E-state index contributed by atoms with van der Waals surface area (Å²) in [4.78, 5) is -0.595. The number of nitrogens with two attached hydrogens (primary N) is 1. The van der Waals surface area contributed by atoms with E-state index in [1.54, 1.807) is 0 Å². The fourth-order valence-corrected chi connectivity index (χ4v) is 1.98. The highest BCUT2D eigenvalue weighted by Crippen LogP contribution is 2.21. The van der Waals surface area contributed by atoms with Gasteiger partial charge in [0.25, 0.3) is 0 Å². The molecule has 0 aliphatic carbocycles. The number of nitrogens with one attached hydrogen (secondary N) is 1. The topological polar surface area (TPSA) is 72.2 Å². The number of sulfonamides is 1. The van der Waals surface area contributed by atoms with E-state index >= 15 is 0 Å². The Morgan fingerprint density at radius 2 is 1.73 bits per heavy atom. The molecule has 1 aromatic rings. The summed E-state index contributed by atoms with van der Waals surface area (Å²) in [6.07, 6.45) is -5.01. The quantitative estimate of drug-likeness (QED) is 0.600. The largest absolute Gasteiger partial charge is 0.470 e. The van der Waals surface area contributed by atoms with Gasteiger partial charge < -0.3 is 5.73 Å². The maximum atomic E-state index is 11.8. The number of rotatable bonds is 2. The van der Waals surface area contributed by atoms with E-state index in [4.69, 9.17) is 5.73 Å². The lowest BCUT2D eigenvalue weighted by atomic mass is 10.3. The molecule has 0 spiro atoms. The minimum atomic E-state index is -5.01. The predicted molar refractivity (Wildman–Crippen MR) is 47.2 cm³/mol. The Balaban J connectivity index is 3.13. The van der Waals surface area contributed by atoms with Gasteiger partial charge in [0.05, 0.1) is 5.69 Å². The fourth-order valence-electron chi connectivity index (χ4n) is 0.933. The molecule has 0 saturated carbocycles. The summed E-state index contributed by atoms with van der Waals surface area (Å²) in [5, 5.41) is 0. The van der Waals surface area contributed by atoms with Crippen LogP contribution < -0.4 is 10.5 Å². The molecule has 0 amide bonds. The van der Waals surface area contributed by atoms with Crippen LogP contribution in [0.3, 0.4) is 0 Å². The van der Waals surface area contributed by atoms with Crippen molar-refractivity contribution in [1.29, 1.82) is 0 Å². The second-order valence-electron chi connectivity index (χ2n) is 2.64. The van der Waals surface area contributed by atoms with Crippen LogP contribution in [0.2, 0.25) is 0 Å². The summed E-state index contributed by atoms with van der Waals surface area (Å²) in [6.45, 7) is 0. The highest BCUT2D eigenvalue weighted by atomic mass is 32.2. The van der Waals surface area contributed by atoms with E-state index in [1.807, 2.05) is 0 Å². The van der Waals surface area contributed by atoms with Gasteiger partial charge >= 0.3 is 6.30 Å². The normalized spacial score (nSPS) is 12.7. The molecule has 0 aliphatic rings. The lowest BCUT2D eigenvalue weighted by molar-refractivity contribution is -0.138. The summed E-state index contributed by atoms with van der Waals surface area (Å²) in [5.74, 6) is 0. The average molecular weight is 240 g/mol. The van der Waals surface area contributed by atoms with Crippen molar-refractivity contribution in [2.45, 2.75) is 11.2 Å². The summed E-state index contributed by atoms with van der Waals surface area (Å²) in [7, 11) is -4.65. The average Bonchev–Trinajstić information content (AvgIpc) is 1.99. The monoisotopic (exact) mass is 240 g/mol. The molecular weight excluding hydrogens is 233 g/mol. The number of hydrogen-bond donors (Lipinski definition) is 2. The first-order chi connectivity index (χ1) is 6.72. The Morgan fingerprint density at radius 1 is 1.20 bits per heavy atom. The minimum Gasteiger partial charge on any atom is -0.398 e. The molecule has 0 aromatic heterocycles. The molecule has 84 valence electrons. The molecule has 0 heterocycles. The zero-order chi connectivity index (χ0) is 11.7. The number of para-hydroxylation sites is 1.